The summed E-state index contributed by atoms with van der Waals surface area (Å²) >= 11 is 0. The second kappa shape index (κ2) is 2.12. The Morgan fingerprint density at radius 3 is 2.14 bits per heavy atom. The molecule has 0 atom stereocenters. The van der Waals surface area contributed by atoms with Crippen molar-refractivity contribution in [3.05, 3.63) is 12.8 Å². The van der Waals surface area contributed by atoms with E-state index in [2.05, 4.69) is 11.1 Å². The van der Waals surface area contributed by atoms with Crippen molar-refractivity contribution >= 4 is 7.82 Å². The fourth-order valence-electron chi connectivity index (χ4n) is 0.0971. The summed E-state index contributed by atoms with van der Waals surface area (Å²) in [5.74, 6) is 0. The molecule has 0 spiro atoms. The first-order chi connectivity index (χ1) is 3.06. The van der Waals surface area contributed by atoms with Crippen LogP contribution in [0.5, 0.6) is 0 Å². The second-order valence-corrected chi connectivity index (χ2v) is 1.95. The highest BCUT2D eigenvalue weighted by Crippen LogP contribution is 2.35. The zero-order chi connectivity index (χ0) is 5.91. The normalized spacial score (nSPS) is 10.6. The van der Waals surface area contributed by atoms with Gasteiger partial charge in [0.2, 0.25) is 0 Å². The lowest BCUT2D eigenvalue weighted by Crippen LogP contribution is -1.75. The van der Waals surface area contributed by atoms with E-state index in [1.165, 1.54) is 0 Å². The summed E-state index contributed by atoms with van der Waals surface area (Å²) in [6, 6.07) is 0. The van der Waals surface area contributed by atoms with Crippen LogP contribution in [-0.2, 0) is 9.09 Å². The van der Waals surface area contributed by atoms with Gasteiger partial charge in [0, 0.05) is 0 Å². The zero-order valence-corrected chi connectivity index (χ0v) is 4.34. The molecule has 0 unspecified atom stereocenters. The largest absolute Gasteiger partial charge is 0.524 e. The first-order valence-electron chi connectivity index (χ1n) is 1.41. The highest BCUT2D eigenvalue weighted by atomic mass is 31.2. The average molecular weight is 124 g/mol. The summed E-state index contributed by atoms with van der Waals surface area (Å²) in [7, 11) is -4.28. The Balaban J connectivity index is 3.57. The first kappa shape index (κ1) is 6.69. The van der Waals surface area contributed by atoms with Crippen molar-refractivity contribution in [1.29, 1.82) is 0 Å². The van der Waals surface area contributed by atoms with Crippen LogP contribution >= 0.6 is 7.82 Å². The number of hydrogen-bond donors (Lipinski definition) is 2. The summed E-state index contributed by atoms with van der Waals surface area (Å²) in [5, 5.41) is 0. The van der Waals surface area contributed by atoms with E-state index in [9.17, 15) is 4.57 Å². The van der Waals surface area contributed by atoms with E-state index in [1.54, 1.807) is 0 Å². The molecule has 0 saturated heterocycles. The maximum absolute atomic E-state index is 9.63. The lowest BCUT2D eigenvalue weighted by atomic mass is 11.2. The van der Waals surface area contributed by atoms with Gasteiger partial charge in [-0.2, -0.15) is 0 Å². The van der Waals surface area contributed by atoms with Gasteiger partial charge in [0.05, 0.1) is 6.26 Å². The van der Waals surface area contributed by atoms with E-state index < -0.39 is 7.82 Å². The quantitative estimate of drug-likeness (QED) is 0.408. The van der Waals surface area contributed by atoms with E-state index in [4.69, 9.17) is 9.79 Å². The predicted octanol–water partition coefficient (Wildman–Crippen LogP) is 0.239. The van der Waals surface area contributed by atoms with Gasteiger partial charge in [0.25, 0.3) is 0 Å². The molecule has 0 amide bonds. The molecular weight excluding hydrogens is 119 g/mol. The summed E-state index contributed by atoms with van der Waals surface area (Å²) in [6.45, 7) is 2.93. The topological polar surface area (TPSA) is 66.8 Å². The lowest BCUT2D eigenvalue weighted by Gasteiger charge is -1.96. The van der Waals surface area contributed by atoms with E-state index in [1.807, 2.05) is 0 Å². The highest BCUT2D eigenvalue weighted by Gasteiger charge is 2.10. The Kier molecular flexibility index (Phi) is 2.02. The number of phosphoric ester groups is 1. The molecule has 0 aromatic heterocycles. The molecule has 0 fully saturated rings. The Morgan fingerprint density at radius 1 is 1.71 bits per heavy atom. The van der Waals surface area contributed by atoms with Crippen LogP contribution in [0.15, 0.2) is 12.8 Å². The van der Waals surface area contributed by atoms with Gasteiger partial charge in [0.15, 0.2) is 0 Å². The fraction of sp³-hybridized carbons (Fsp3) is 0. The van der Waals surface area contributed by atoms with Gasteiger partial charge in [-0.1, -0.05) is 6.58 Å². The van der Waals surface area contributed by atoms with Crippen molar-refractivity contribution in [3.63, 3.8) is 0 Å². The average Bonchev–Trinajstić information content (AvgIpc) is 1.30. The van der Waals surface area contributed by atoms with E-state index in [0.29, 0.717) is 6.26 Å². The third-order valence-electron chi connectivity index (χ3n) is 0.212. The molecule has 0 aromatic rings. The zero-order valence-electron chi connectivity index (χ0n) is 3.44. The van der Waals surface area contributed by atoms with Crippen LogP contribution in [0, 0.1) is 0 Å². The smallest absolute Gasteiger partial charge is 0.413 e. The van der Waals surface area contributed by atoms with Crippen LogP contribution in [0.4, 0.5) is 0 Å². The molecule has 0 saturated carbocycles. The minimum absolute atomic E-state index is 0.695. The molecule has 0 aliphatic heterocycles. The molecule has 4 nitrogen and oxygen atoms in total. The lowest BCUT2D eigenvalue weighted by molar-refractivity contribution is 0.259. The Hall–Kier alpha value is -0.310. The molecule has 0 aliphatic carbocycles. The molecule has 0 aromatic carbocycles. The van der Waals surface area contributed by atoms with Crippen LogP contribution in [0.3, 0.4) is 0 Å². The van der Waals surface area contributed by atoms with Crippen molar-refractivity contribution in [2.45, 2.75) is 0 Å². The van der Waals surface area contributed by atoms with Gasteiger partial charge < -0.3 is 4.52 Å². The SMILES string of the molecule is C=COP(=O)(O)O. The Labute approximate surface area is 40.7 Å². The van der Waals surface area contributed by atoms with Crippen LogP contribution in [-0.4, -0.2) is 9.79 Å². The molecule has 0 bridgehead atoms. The number of hydrogen-bond acceptors (Lipinski definition) is 2. The Morgan fingerprint density at radius 2 is 2.14 bits per heavy atom. The van der Waals surface area contributed by atoms with Gasteiger partial charge in [-0.05, 0) is 0 Å². The van der Waals surface area contributed by atoms with Crippen molar-refractivity contribution in [2.75, 3.05) is 0 Å². The molecule has 0 heterocycles. The monoisotopic (exact) mass is 124 g/mol. The highest BCUT2D eigenvalue weighted by molar-refractivity contribution is 7.46. The summed E-state index contributed by atoms with van der Waals surface area (Å²) in [6.07, 6.45) is 0.695. The molecule has 7 heavy (non-hydrogen) atoms. The minimum atomic E-state index is -4.28. The van der Waals surface area contributed by atoms with E-state index in [0.717, 1.165) is 0 Å². The summed E-state index contributed by atoms with van der Waals surface area (Å²) in [5.41, 5.74) is 0. The van der Waals surface area contributed by atoms with Gasteiger partial charge in [-0.15, -0.1) is 0 Å². The van der Waals surface area contributed by atoms with Crippen LogP contribution in [0.25, 0.3) is 0 Å². The van der Waals surface area contributed by atoms with Crippen LogP contribution in [0.2, 0.25) is 0 Å². The standard InChI is InChI=1S/C2H5O4P/c1-2-6-7(3,4)5/h2H,1H2,(H2,3,4,5). The van der Waals surface area contributed by atoms with E-state index >= 15 is 0 Å². The third kappa shape index (κ3) is 5.69. The van der Waals surface area contributed by atoms with Gasteiger partial charge in [-0.3, -0.25) is 9.79 Å². The third-order valence-corrected chi connectivity index (χ3v) is 0.636. The fourth-order valence-corrected chi connectivity index (χ4v) is 0.291. The van der Waals surface area contributed by atoms with Crippen molar-refractivity contribution < 1.29 is 18.9 Å². The molecule has 5 heteroatoms. The number of phosphoric acid groups is 1. The maximum Gasteiger partial charge on any atom is 0.524 e. The van der Waals surface area contributed by atoms with Gasteiger partial charge in [0.1, 0.15) is 0 Å². The molecule has 0 radical (unpaired) electrons. The summed E-state index contributed by atoms with van der Waals surface area (Å²) in [4.78, 5) is 15.7. The molecule has 0 rings (SSSR count). The minimum Gasteiger partial charge on any atom is -0.413 e. The van der Waals surface area contributed by atoms with Crippen LogP contribution < -0.4 is 0 Å². The van der Waals surface area contributed by atoms with Crippen molar-refractivity contribution in [2.24, 2.45) is 0 Å². The predicted molar refractivity (Wildman–Crippen MR) is 23.3 cm³/mol. The maximum atomic E-state index is 9.63. The van der Waals surface area contributed by atoms with Crippen LogP contribution in [0.1, 0.15) is 0 Å². The van der Waals surface area contributed by atoms with Crippen molar-refractivity contribution in [3.8, 4) is 0 Å². The second-order valence-electron chi connectivity index (χ2n) is 0.763. The number of rotatable bonds is 2. The molecule has 2 N–H and O–H groups in total. The van der Waals surface area contributed by atoms with Gasteiger partial charge >= 0.3 is 7.82 Å². The first-order valence-corrected chi connectivity index (χ1v) is 2.94. The van der Waals surface area contributed by atoms with Crippen molar-refractivity contribution in [1.82, 2.24) is 0 Å². The van der Waals surface area contributed by atoms with E-state index in [-0.39, 0.29) is 0 Å². The molecule has 42 valence electrons. The Bertz CT molecular complexity index is 102. The summed E-state index contributed by atoms with van der Waals surface area (Å²) < 4.78 is 13.3. The molecular formula is C2H5O4P. The molecule has 0 aliphatic rings. The van der Waals surface area contributed by atoms with Gasteiger partial charge in [-0.25, -0.2) is 4.57 Å².